The number of fused-ring (bicyclic) bond motifs is 1. The molecule has 37 heavy (non-hydrogen) atoms. The SMILES string of the molecule is Cn1nccc1-c1c(C2CC2)[nH]c2nnc(CCCCn3cc(C(=O)NCc4ccccn4)nn3)cc12. The van der Waals surface area contributed by atoms with Crippen LogP contribution in [0.25, 0.3) is 22.3 Å². The van der Waals surface area contributed by atoms with Crippen molar-refractivity contribution in [3.05, 3.63) is 71.7 Å². The molecule has 1 saturated carbocycles. The summed E-state index contributed by atoms with van der Waals surface area (Å²) in [4.78, 5) is 20.1. The zero-order valence-electron chi connectivity index (χ0n) is 20.6. The number of amides is 1. The van der Waals surface area contributed by atoms with Gasteiger partial charge in [0.05, 0.1) is 29.8 Å². The van der Waals surface area contributed by atoms with Gasteiger partial charge in [-0.2, -0.15) is 10.2 Å². The van der Waals surface area contributed by atoms with Gasteiger partial charge >= 0.3 is 0 Å². The number of carbonyl (C=O) groups excluding carboxylic acids is 1. The van der Waals surface area contributed by atoms with Gasteiger partial charge in [-0.05, 0) is 62.3 Å². The Balaban J connectivity index is 1.06. The van der Waals surface area contributed by atoms with Crippen LogP contribution in [0.3, 0.4) is 0 Å². The van der Waals surface area contributed by atoms with Gasteiger partial charge in [-0.3, -0.25) is 19.1 Å². The van der Waals surface area contributed by atoms with E-state index in [0.717, 1.165) is 47.4 Å². The van der Waals surface area contributed by atoms with Gasteiger partial charge < -0.3 is 10.3 Å². The van der Waals surface area contributed by atoms with E-state index in [1.54, 1.807) is 17.1 Å². The standard InChI is InChI=1S/C26H28N10O/c1-35-22(10-12-29-35)23-20-14-18(31-33-25(20)30-24(23)17-8-9-17)6-3-5-13-36-16-21(32-34-36)26(37)28-15-19-7-2-4-11-27-19/h2,4,7,10-12,14,16-17H,3,5-6,8-9,13,15H2,1H3,(H,28,37)(H,30,33). The van der Waals surface area contributed by atoms with Crippen molar-refractivity contribution < 1.29 is 4.79 Å². The highest BCUT2D eigenvalue weighted by Gasteiger charge is 2.30. The molecule has 0 saturated heterocycles. The Bertz CT molecular complexity index is 1530. The number of aromatic amines is 1. The van der Waals surface area contributed by atoms with Gasteiger partial charge in [-0.15, -0.1) is 10.2 Å². The first-order valence-electron chi connectivity index (χ1n) is 12.6. The molecule has 0 aliphatic heterocycles. The maximum Gasteiger partial charge on any atom is 0.273 e. The molecule has 0 unspecified atom stereocenters. The van der Waals surface area contributed by atoms with E-state index in [-0.39, 0.29) is 5.91 Å². The van der Waals surface area contributed by atoms with E-state index >= 15 is 0 Å². The molecule has 1 fully saturated rings. The van der Waals surface area contributed by atoms with E-state index in [2.05, 4.69) is 53.0 Å². The summed E-state index contributed by atoms with van der Waals surface area (Å²) in [5.74, 6) is 0.300. The highest BCUT2D eigenvalue weighted by atomic mass is 16.2. The van der Waals surface area contributed by atoms with Crippen LogP contribution in [0, 0.1) is 0 Å². The molecular weight excluding hydrogens is 468 g/mol. The van der Waals surface area contributed by atoms with Gasteiger partial charge in [0, 0.05) is 42.6 Å². The lowest BCUT2D eigenvalue weighted by atomic mass is 10.0. The van der Waals surface area contributed by atoms with Crippen LogP contribution in [0.1, 0.15) is 59.2 Å². The summed E-state index contributed by atoms with van der Waals surface area (Å²) >= 11 is 0. The Hall–Kier alpha value is -4.41. The molecule has 11 heteroatoms. The van der Waals surface area contributed by atoms with Crippen molar-refractivity contribution >= 4 is 16.9 Å². The van der Waals surface area contributed by atoms with Crippen LogP contribution in [0.4, 0.5) is 0 Å². The number of unbranched alkanes of at least 4 members (excludes halogenated alkanes) is 1. The Morgan fingerprint density at radius 2 is 2.03 bits per heavy atom. The van der Waals surface area contributed by atoms with Crippen molar-refractivity contribution in [2.75, 3.05) is 0 Å². The fourth-order valence-electron chi connectivity index (χ4n) is 4.60. The zero-order chi connectivity index (χ0) is 25.2. The van der Waals surface area contributed by atoms with E-state index in [9.17, 15) is 4.79 Å². The number of rotatable bonds is 10. The fraction of sp³-hybridized carbons (Fsp3) is 0.346. The minimum absolute atomic E-state index is 0.262. The quantitative estimate of drug-likeness (QED) is 0.284. The number of aromatic nitrogens is 9. The predicted molar refractivity (Wildman–Crippen MR) is 136 cm³/mol. The molecule has 0 spiro atoms. The Kier molecular flexibility index (Phi) is 6.17. The highest BCUT2D eigenvalue weighted by molar-refractivity contribution is 5.95. The highest BCUT2D eigenvalue weighted by Crippen LogP contribution is 2.46. The van der Waals surface area contributed by atoms with Crippen LogP contribution >= 0.6 is 0 Å². The zero-order valence-corrected chi connectivity index (χ0v) is 20.6. The second-order valence-electron chi connectivity index (χ2n) is 9.45. The Labute approximate surface area is 213 Å². The van der Waals surface area contributed by atoms with Crippen LogP contribution in [-0.4, -0.2) is 50.8 Å². The number of hydrogen-bond acceptors (Lipinski definition) is 7. The number of carbonyl (C=O) groups is 1. The topological polar surface area (TPSA) is 132 Å². The van der Waals surface area contributed by atoms with Gasteiger partial charge in [-0.1, -0.05) is 11.3 Å². The first-order chi connectivity index (χ1) is 18.2. The summed E-state index contributed by atoms with van der Waals surface area (Å²) in [6, 6.07) is 9.80. The molecular formula is C26H28N10O. The summed E-state index contributed by atoms with van der Waals surface area (Å²) in [5.41, 5.74) is 6.43. The van der Waals surface area contributed by atoms with Crippen molar-refractivity contribution in [2.24, 2.45) is 7.05 Å². The monoisotopic (exact) mass is 496 g/mol. The van der Waals surface area contributed by atoms with E-state index < -0.39 is 0 Å². The first-order valence-corrected chi connectivity index (χ1v) is 12.6. The number of nitrogens with zero attached hydrogens (tertiary/aromatic N) is 8. The number of pyridine rings is 1. The summed E-state index contributed by atoms with van der Waals surface area (Å²) < 4.78 is 3.62. The lowest BCUT2D eigenvalue weighted by molar-refractivity contribution is 0.0945. The van der Waals surface area contributed by atoms with Gasteiger partial charge in [0.25, 0.3) is 5.91 Å². The fourth-order valence-corrected chi connectivity index (χ4v) is 4.60. The lowest BCUT2D eigenvalue weighted by Crippen LogP contribution is -2.23. The summed E-state index contributed by atoms with van der Waals surface area (Å²) in [5, 5.41) is 25.4. The maximum atomic E-state index is 12.4. The largest absolute Gasteiger partial charge is 0.345 e. The summed E-state index contributed by atoms with van der Waals surface area (Å²) in [6.07, 6.45) is 10.2. The molecule has 5 aromatic rings. The average Bonchev–Trinajstić information content (AvgIpc) is 3.32. The van der Waals surface area contributed by atoms with Gasteiger partial charge in [0.1, 0.15) is 0 Å². The molecule has 5 aromatic heterocycles. The molecule has 11 nitrogen and oxygen atoms in total. The number of hydrogen-bond donors (Lipinski definition) is 2. The molecule has 0 aromatic carbocycles. The van der Waals surface area contributed by atoms with E-state index in [1.165, 1.54) is 24.1 Å². The lowest BCUT2D eigenvalue weighted by Gasteiger charge is -2.05. The number of H-pyrrole nitrogens is 1. The van der Waals surface area contributed by atoms with E-state index in [1.807, 2.05) is 36.1 Å². The number of nitrogens with one attached hydrogen (secondary N) is 2. The molecule has 0 bridgehead atoms. The molecule has 1 aliphatic carbocycles. The summed E-state index contributed by atoms with van der Waals surface area (Å²) in [7, 11) is 1.97. The Morgan fingerprint density at radius 3 is 2.81 bits per heavy atom. The van der Waals surface area contributed by atoms with Crippen LogP contribution in [0.5, 0.6) is 0 Å². The van der Waals surface area contributed by atoms with Gasteiger partial charge in [-0.25, -0.2) is 0 Å². The molecule has 0 radical (unpaired) electrons. The van der Waals surface area contributed by atoms with Crippen molar-refractivity contribution in [3.63, 3.8) is 0 Å². The van der Waals surface area contributed by atoms with Crippen molar-refractivity contribution in [2.45, 2.75) is 51.1 Å². The molecule has 2 N–H and O–H groups in total. The normalized spacial score (nSPS) is 13.3. The second kappa shape index (κ2) is 9.92. The third-order valence-corrected chi connectivity index (χ3v) is 6.70. The maximum absolute atomic E-state index is 12.4. The third-order valence-electron chi connectivity index (χ3n) is 6.70. The Morgan fingerprint density at radius 1 is 1.11 bits per heavy atom. The van der Waals surface area contributed by atoms with E-state index in [0.29, 0.717) is 24.7 Å². The summed E-state index contributed by atoms with van der Waals surface area (Å²) in [6.45, 7) is 1.02. The van der Waals surface area contributed by atoms with Crippen molar-refractivity contribution in [1.29, 1.82) is 0 Å². The third kappa shape index (κ3) is 4.97. The smallest absolute Gasteiger partial charge is 0.273 e. The second-order valence-corrected chi connectivity index (χ2v) is 9.45. The molecule has 1 amide bonds. The first kappa shape index (κ1) is 23.0. The van der Waals surface area contributed by atoms with Gasteiger partial charge in [0.2, 0.25) is 0 Å². The molecule has 6 rings (SSSR count). The van der Waals surface area contributed by atoms with Crippen LogP contribution in [0.15, 0.2) is 48.9 Å². The van der Waals surface area contributed by atoms with Gasteiger partial charge in [0.15, 0.2) is 11.3 Å². The average molecular weight is 497 g/mol. The van der Waals surface area contributed by atoms with Crippen LogP contribution < -0.4 is 5.32 Å². The molecule has 5 heterocycles. The molecule has 1 aliphatic rings. The number of aryl methyl sites for hydroxylation is 3. The predicted octanol–water partition coefficient (Wildman–Crippen LogP) is 3.18. The molecule has 0 atom stereocenters. The minimum atomic E-state index is -0.262. The van der Waals surface area contributed by atoms with Crippen molar-refractivity contribution in [3.8, 4) is 11.3 Å². The van der Waals surface area contributed by atoms with Crippen LogP contribution in [0.2, 0.25) is 0 Å². The minimum Gasteiger partial charge on any atom is -0.345 e. The van der Waals surface area contributed by atoms with E-state index in [4.69, 9.17) is 0 Å². The van der Waals surface area contributed by atoms with Crippen molar-refractivity contribution in [1.82, 2.24) is 50.3 Å². The van der Waals surface area contributed by atoms with Crippen LogP contribution in [-0.2, 0) is 26.6 Å². The molecule has 188 valence electrons.